The summed E-state index contributed by atoms with van der Waals surface area (Å²) in [6.45, 7) is 1.84. The molecule has 5 rings (SSSR count). The SMILES string of the molecule is O=C(c1ccc(-c2ccccc2Cl)o1)N1CCN(C(=O)C2COc3ccccc3O2)CC1. The number of carbonyl (C=O) groups is 2. The van der Waals surface area contributed by atoms with Gasteiger partial charge in [-0.1, -0.05) is 35.9 Å². The van der Waals surface area contributed by atoms with Gasteiger partial charge in [0, 0.05) is 31.7 Å². The molecule has 164 valence electrons. The number of hydrogen-bond donors (Lipinski definition) is 0. The molecule has 3 heterocycles. The highest BCUT2D eigenvalue weighted by Crippen LogP contribution is 2.32. The molecule has 1 saturated heterocycles. The van der Waals surface area contributed by atoms with Crippen LogP contribution in [0.5, 0.6) is 11.5 Å². The number of carbonyl (C=O) groups excluding carboxylic acids is 2. The Balaban J connectivity index is 1.19. The largest absolute Gasteiger partial charge is 0.485 e. The first-order valence-electron chi connectivity index (χ1n) is 10.4. The maximum absolute atomic E-state index is 12.9. The van der Waals surface area contributed by atoms with Gasteiger partial charge < -0.3 is 23.7 Å². The van der Waals surface area contributed by atoms with Crippen LogP contribution in [-0.2, 0) is 4.79 Å². The highest BCUT2D eigenvalue weighted by molar-refractivity contribution is 6.33. The minimum Gasteiger partial charge on any atom is -0.485 e. The Morgan fingerprint density at radius 3 is 2.31 bits per heavy atom. The molecule has 7 nitrogen and oxygen atoms in total. The van der Waals surface area contributed by atoms with Gasteiger partial charge in [0.05, 0.1) is 5.02 Å². The predicted octanol–water partition coefficient (Wildman–Crippen LogP) is 3.72. The summed E-state index contributed by atoms with van der Waals surface area (Å²) in [6.07, 6.45) is -0.685. The third-order valence-corrected chi connectivity index (χ3v) is 5.95. The molecule has 1 fully saturated rings. The Hall–Kier alpha value is -3.45. The Morgan fingerprint density at radius 1 is 0.844 bits per heavy atom. The number of piperazine rings is 1. The van der Waals surface area contributed by atoms with E-state index in [2.05, 4.69) is 0 Å². The van der Waals surface area contributed by atoms with Crippen LogP contribution < -0.4 is 9.47 Å². The highest BCUT2D eigenvalue weighted by Gasteiger charge is 2.34. The van der Waals surface area contributed by atoms with E-state index in [0.717, 1.165) is 5.56 Å². The van der Waals surface area contributed by atoms with Crippen molar-refractivity contribution in [3.05, 3.63) is 71.4 Å². The van der Waals surface area contributed by atoms with E-state index in [9.17, 15) is 9.59 Å². The van der Waals surface area contributed by atoms with E-state index in [1.807, 2.05) is 36.4 Å². The second-order valence-electron chi connectivity index (χ2n) is 7.63. The van der Waals surface area contributed by atoms with Crippen LogP contribution >= 0.6 is 11.6 Å². The molecule has 0 saturated carbocycles. The van der Waals surface area contributed by atoms with Crippen LogP contribution in [0.4, 0.5) is 0 Å². The van der Waals surface area contributed by atoms with Crippen LogP contribution in [-0.4, -0.2) is 60.5 Å². The standard InChI is InChI=1S/C24H21ClN2O5/c25-17-6-2-1-5-16(17)18-9-10-21(31-18)23(28)26-11-13-27(14-12-26)24(29)22-15-30-19-7-3-4-8-20(19)32-22/h1-10,22H,11-15H2. The van der Waals surface area contributed by atoms with E-state index in [4.69, 9.17) is 25.5 Å². The monoisotopic (exact) mass is 452 g/mol. The van der Waals surface area contributed by atoms with Crippen molar-refractivity contribution in [1.82, 2.24) is 9.80 Å². The number of ether oxygens (including phenoxy) is 2. The van der Waals surface area contributed by atoms with Crippen LogP contribution in [0.1, 0.15) is 10.6 Å². The average molecular weight is 453 g/mol. The fourth-order valence-corrected chi connectivity index (χ4v) is 4.12. The van der Waals surface area contributed by atoms with Gasteiger partial charge in [0.2, 0.25) is 6.10 Å². The molecular weight excluding hydrogens is 432 g/mol. The normalized spacial score (nSPS) is 17.8. The van der Waals surface area contributed by atoms with E-state index < -0.39 is 6.10 Å². The zero-order valence-corrected chi connectivity index (χ0v) is 18.0. The lowest BCUT2D eigenvalue weighted by atomic mass is 10.2. The van der Waals surface area contributed by atoms with Gasteiger partial charge in [0.1, 0.15) is 12.4 Å². The molecule has 2 aromatic carbocycles. The number of rotatable bonds is 3. The molecular formula is C24H21ClN2O5. The predicted molar refractivity (Wildman–Crippen MR) is 118 cm³/mol. The van der Waals surface area contributed by atoms with Gasteiger partial charge in [-0.3, -0.25) is 9.59 Å². The van der Waals surface area contributed by atoms with Crippen LogP contribution in [0.25, 0.3) is 11.3 Å². The molecule has 2 amide bonds. The molecule has 8 heteroatoms. The lowest BCUT2D eigenvalue weighted by Crippen LogP contribution is -2.55. The quantitative estimate of drug-likeness (QED) is 0.605. The summed E-state index contributed by atoms with van der Waals surface area (Å²) in [4.78, 5) is 29.2. The molecule has 1 atom stereocenters. The fourth-order valence-electron chi connectivity index (χ4n) is 3.89. The Kier molecular flexibility index (Phi) is 5.49. The molecule has 2 aliphatic heterocycles. The van der Waals surface area contributed by atoms with E-state index in [1.54, 1.807) is 34.1 Å². The smallest absolute Gasteiger partial charge is 0.289 e. The van der Waals surface area contributed by atoms with Crippen molar-refractivity contribution in [2.75, 3.05) is 32.8 Å². The summed E-state index contributed by atoms with van der Waals surface area (Å²) in [7, 11) is 0. The second kappa shape index (κ2) is 8.59. The molecule has 2 aliphatic rings. The topological polar surface area (TPSA) is 72.2 Å². The zero-order valence-electron chi connectivity index (χ0n) is 17.2. The fraction of sp³-hybridized carbons (Fsp3) is 0.250. The number of nitrogens with zero attached hydrogens (tertiary/aromatic N) is 2. The van der Waals surface area contributed by atoms with Crippen molar-refractivity contribution >= 4 is 23.4 Å². The summed E-state index contributed by atoms with van der Waals surface area (Å²) >= 11 is 6.22. The summed E-state index contributed by atoms with van der Waals surface area (Å²) in [6, 6.07) is 18.0. The Bertz CT molecular complexity index is 1150. The van der Waals surface area contributed by atoms with Crippen LogP contribution in [0.3, 0.4) is 0 Å². The Labute approximate surface area is 190 Å². The maximum Gasteiger partial charge on any atom is 0.289 e. The first kappa shape index (κ1) is 20.5. The molecule has 0 bridgehead atoms. The minimum atomic E-state index is -0.685. The maximum atomic E-state index is 12.9. The number of fused-ring (bicyclic) bond motifs is 1. The second-order valence-corrected chi connectivity index (χ2v) is 8.03. The van der Waals surface area contributed by atoms with E-state index in [1.165, 1.54) is 0 Å². The van der Waals surface area contributed by atoms with Crippen LogP contribution in [0.15, 0.2) is 65.1 Å². The summed E-state index contributed by atoms with van der Waals surface area (Å²) in [5.74, 6) is 1.66. The van der Waals surface area contributed by atoms with Crippen molar-refractivity contribution in [2.24, 2.45) is 0 Å². The summed E-state index contributed by atoms with van der Waals surface area (Å²) in [5.41, 5.74) is 0.736. The van der Waals surface area contributed by atoms with Gasteiger partial charge in [-0.25, -0.2) is 0 Å². The number of halogens is 1. The van der Waals surface area contributed by atoms with Crippen molar-refractivity contribution in [1.29, 1.82) is 0 Å². The number of hydrogen-bond acceptors (Lipinski definition) is 5. The Morgan fingerprint density at radius 2 is 1.53 bits per heavy atom. The van der Waals surface area contributed by atoms with Crippen LogP contribution in [0, 0.1) is 0 Å². The third kappa shape index (κ3) is 3.91. The molecule has 1 aromatic heterocycles. The number of amides is 2. The highest BCUT2D eigenvalue weighted by atomic mass is 35.5. The van der Waals surface area contributed by atoms with Gasteiger partial charge in [-0.15, -0.1) is 0 Å². The number of benzene rings is 2. The molecule has 0 aliphatic carbocycles. The number of furan rings is 1. The molecule has 0 radical (unpaired) electrons. The first-order valence-corrected chi connectivity index (χ1v) is 10.8. The lowest BCUT2D eigenvalue weighted by Gasteiger charge is -2.36. The van der Waals surface area contributed by atoms with Crippen molar-refractivity contribution < 1.29 is 23.5 Å². The summed E-state index contributed by atoms with van der Waals surface area (Å²) in [5, 5.41) is 0.560. The van der Waals surface area contributed by atoms with Crippen molar-refractivity contribution in [3.8, 4) is 22.8 Å². The lowest BCUT2D eigenvalue weighted by molar-refractivity contribution is -0.142. The first-order chi connectivity index (χ1) is 15.6. The van der Waals surface area contributed by atoms with E-state index >= 15 is 0 Å². The molecule has 32 heavy (non-hydrogen) atoms. The van der Waals surface area contributed by atoms with Crippen molar-refractivity contribution in [3.63, 3.8) is 0 Å². The average Bonchev–Trinajstić information content (AvgIpc) is 3.33. The van der Waals surface area contributed by atoms with Crippen molar-refractivity contribution in [2.45, 2.75) is 6.10 Å². The van der Waals surface area contributed by atoms with Gasteiger partial charge in [0.25, 0.3) is 11.8 Å². The minimum absolute atomic E-state index is 0.134. The van der Waals surface area contributed by atoms with Gasteiger partial charge in [-0.2, -0.15) is 0 Å². The van der Waals surface area contributed by atoms with Gasteiger partial charge >= 0.3 is 0 Å². The summed E-state index contributed by atoms with van der Waals surface area (Å²) < 4.78 is 17.3. The molecule has 1 unspecified atom stereocenters. The van der Waals surface area contributed by atoms with Crippen LogP contribution in [0.2, 0.25) is 5.02 Å². The van der Waals surface area contributed by atoms with E-state index in [-0.39, 0.29) is 24.2 Å². The van der Waals surface area contributed by atoms with E-state index in [0.29, 0.717) is 48.5 Å². The van der Waals surface area contributed by atoms with Gasteiger partial charge in [-0.05, 0) is 36.4 Å². The molecule has 3 aromatic rings. The zero-order chi connectivity index (χ0) is 22.1. The number of para-hydroxylation sites is 2. The molecule has 0 N–H and O–H groups in total. The molecule has 0 spiro atoms. The third-order valence-electron chi connectivity index (χ3n) is 5.62. The van der Waals surface area contributed by atoms with Gasteiger partial charge in [0.15, 0.2) is 17.3 Å².